The average Bonchev–Trinajstić information content (AvgIpc) is 3.23. The summed E-state index contributed by atoms with van der Waals surface area (Å²) >= 11 is 0. The van der Waals surface area contributed by atoms with Gasteiger partial charge in [0.05, 0.1) is 17.6 Å². The number of carbonyl (C=O) groups excluding carboxylic acids is 2. The van der Waals surface area contributed by atoms with Gasteiger partial charge in [-0.25, -0.2) is 4.98 Å². The average molecular weight is 453 g/mol. The molecule has 0 saturated heterocycles. The summed E-state index contributed by atoms with van der Waals surface area (Å²) in [5, 5.41) is 2.99. The maximum Gasteiger partial charge on any atom is 0.246 e. The Morgan fingerprint density at radius 1 is 0.912 bits per heavy atom. The van der Waals surface area contributed by atoms with E-state index in [1.807, 2.05) is 82.3 Å². The van der Waals surface area contributed by atoms with Gasteiger partial charge in [-0.1, -0.05) is 60.7 Å². The van der Waals surface area contributed by atoms with Gasteiger partial charge >= 0.3 is 0 Å². The van der Waals surface area contributed by atoms with Gasteiger partial charge in [0.15, 0.2) is 0 Å². The molecule has 0 atom stereocenters. The van der Waals surface area contributed by atoms with Crippen molar-refractivity contribution >= 4 is 28.5 Å². The Labute approximate surface area is 199 Å². The second-order valence-electron chi connectivity index (χ2n) is 8.64. The number of carbonyl (C=O) groups is 2. The zero-order valence-corrected chi connectivity index (χ0v) is 19.1. The third-order valence-corrected chi connectivity index (χ3v) is 6.37. The van der Waals surface area contributed by atoms with Gasteiger partial charge in [-0.3, -0.25) is 9.59 Å². The predicted molar refractivity (Wildman–Crippen MR) is 133 cm³/mol. The molecule has 1 aliphatic heterocycles. The molecule has 1 aromatic heterocycles. The second-order valence-corrected chi connectivity index (χ2v) is 8.64. The van der Waals surface area contributed by atoms with E-state index in [0.29, 0.717) is 25.2 Å². The van der Waals surface area contributed by atoms with Gasteiger partial charge in [-0.2, -0.15) is 0 Å². The summed E-state index contributed by atoms with van der Waals surface area (Å²) in [6.45, 7) is 1.18. The summed E-state index contributed by atoms with van der Waals surface area (Å²) in [5.74, 6) is 0.693. The highest BCUT2D eigenvalue weighted by atomic mass is 16.2. The molecule has 6 heteroatoms. The van der Waals surface area contributed by atoms with Crippen molar-refractivity contribution in [3.05, 3.63) is 95.8 Å². The van der Waals surface area contributed by atoms with Crippen LogP contribution in [0.3, 0.4) is 0 Å². The molecule has 0 aliphatic carbocycles. The molecule has 0 saturated carbocycles. The summed E-state index contributed by atoms with van der Waals surface area (Å²) in [6, 6.07) is 25.9. The Morgan fingerprint density at radius 3 is 2.56 bits per heavy atom. The van der Waals surface area contributed by atoms with E-state index in [4.69, 9.17) is 4.98 Å². The van der Waals surface area contributed by atoms with Gasteiger partial charge in [0.2, 0.25) is 11.8 Å². The third kappa shape index (κ3) is 4.71. The van der Waals surface area contributed by atoms with Crippen LogP contribution in [0, 0.1) is 0 Å². The van der Waals surface area contributed by atoms with E-state index >= 15 is 0 Å². The van der Waals surface area contributed by atoms with E-state index in [1.54, 1.807) is 0 Å². The van der Waals surface area contributed by atoms with Gasteiger partial charge in [-0.05, 0) is 48.6 Å². The molecule has 2 heterocycles. The SMILES string of the molecule is O=C(CCc1ccccc1)NCc1nc2ccccc2n1CC(=O)N1CCCc2ccccc21. The number of benzene rings is 3. The number of imidazole rings is 1. The fourth-order valence-electron chi connectivity index (χ4n) is 4.62. The molecule has 5 rings (SSSR count). The van der Waals surface area contributed by atoms with Crippen LogP contribution >= 0.6 is 0 Å². The fourth-order valence-corrected chi connectivity index (χ4v) is 4.62. The number of aromatic nitrogens is 2. The molecular weight excluding hydrogens is 424 g/mol. The van der Waals surface area contributed by atoms with Crippen molar-refractivity contribution in [1.29, 1.82) is 0 Å². The largest absolute Gasteiger partial charge is 0.349 e. The minimum Gasteiger partial charge on any atom is -0.349 e. The Bertz CT molecular complexity index is 1310. The van der Waals surface area contributed by atoms with Crippen LogP contribution in [0.15, 0.2) is 78.9 Å². The Kier molecular flexibility index (Phi) is 6.38. The summed E-state index contributed by atoms with van der Waals surface area (Å²) in [7, 11) is 0. The molecule has 2 amide bonds. The number of nitrogens with zero attached hydrogens (tertiary/aromatic N) is 3. The second kappa shape index (κ2) is 9.91. The summed E-state index contributed by atoms with van der Waals surface area (Å²) in [4.78, 5) is 32.5. The van der Waals surface area contributed by atoms with E-state index in [-0.39, 0.29) is 24.9 Å². The molecule has 1 aliphatic rings. The van der Waals surface area contributed by atoms with Crippen LogP contribution < -0.4 is 10.2 Å². The number of rotatable bonds is 7. The van der Waals surface area contributed by atoms with Crippen LogP contribution in [0.2, 0.25) is 0 Å². The minimum atomic E-state index is -0.0289. The Balaban J connectivity index is 1.31. The number of fused-ring (bicyclic) bond motifs is 2. The van der Waals surface area contributed by atoms with Crippen molar-refractivity contribution in [2.24, 2.45) is 0 Å². The molecule has 0 bridgehead atoms. The lowest BCUT2D eigenvalue weighted by atomic mass is 10.0. The molecule has 0 unspecified atom stereocenters. The van der Waals surface area contributed by atoms with Crippen LogP contribution in [0.1, 0.15) is 29.8 Å². The first kappa shape index (κ1) is 21.9. The lowest BCUT2D eigenvalue weighted by Gasteiger charge is -2.29. The highest BCUT2D eigenvalue weighted by molar-refractivity contribution is 5.95. The van der Waals surface area contributed by atoms with Crippen LogP contribution in [0.5, 0.6) is 0 Å². The molecule has 172 valence electrons. The zero-order chi connectivity index (χ0) is 23.3. The van der Waals surface area contributed by atoms with Crippen LogP contribution in [-0.2, 0) is 35.5 Å². The van der Waals surface area contributed by atoms with Crippen molar-refractivity contribution < 1.29 is 9.59 Å². The predicted octanol–water partition coefficient (Wildman–Crippen LogP) is 4.26. The number of hydrogen-bond acceptors (Lipinski definition) is 3. The highest BCUT2D eigenvalue weighted by Crippen LogP contribution is 2.27. The standard InChI is InChI=1S/C28H28N4O2/c33-27(17-16-21-9-2-1-3-10-21)29-19-26-30-23-13-5-7-15-25(23)32(26)20-28(34)31-18-8-12-22-11-4-6-14-24(22)31/h1-7,9-11,13-15H,8,12,16-20H2,(H,29,33). The van der Waals surface area contributed by atoms with Gasteiger partial charge in [-0.15, -0.1) is 0 Å². The number of para-hydroxylation sites is 3. The molecule has 4 aromatic rings. The van der Waals surface area contributed by atoms with E-state index in [0.717, 1.165) is 35.1 Å². The van der Waals surface area contributed by atoms with Crippen molar-refractivity contribution in [2.75, 3.05) is 11.4 Å². The van der Waals surface area contributed by atoms with E-state index < -0.39 is 0 Å². The third-order valence-electron chi connectivity index (χ3n) is 6.37. The number of amides is 2. The number of nitrogens with one attached hydrogen (secondary N) is 1. The van der Waals surface area contributed by atoms with E-state index in [2.05, 4.69) is 11.4 Å². The summed E-state index contributed by atoms with van der Waals surface area (Å²) in [6.07, 6.45) is 3.05. The summed E-state index contributed by atoms with van der Waals surface area (Å²) in [5.41, 5.74) is 5.07. The molecule has 0 radical (unpaired) electrons. The quantitative estimate of drug-likeness (QED) is 0.456. The fraction of sp³-hybridized carbons (Fsp3) is 0.250. The monoisotopic (exact) mass is 452 g/mol. The first-order chi connectivity index (χ1) is 16.7. The molecule has 0 fully saturated rings. The molecule has 6 nitrogen and oxygen atoms in total. The lowest BCUT2D eigenvalue weighted by molar-refractivity contribution is -0.121. The number of hydrogen-bond donors (Lipinski definition) is 1. The van der Waals surface area contributed by atoms with Crippen molar-refractivity contribution in [1.82, 2.24) is 14.9 Å². The summed E-state index contributed by atoms with van der Waals surface area (Å²) < 4.78 is 1.94. The number of aryl methyl sites for hydroxylation is 2. The van der Waals surface area contributed by atoms with Crippen LogP contribution in [-0.4, -0.2) is 27.9 Å². The van der Waals surface area contributed by atoms with Crippen LogP contribution in [0.4, 0.5) is 5.69 Å². The first-order valence-corrected chi connectivity index (χ1v) is 11.8. The maximum absolute atomic E-state index is 13.4. The van der Waals surface area contributed by atoms with Crippen molar-refractivity contribution in [3.8, 4) is 0 Å². The zero-order valence-electron chi connectivity index (χ0n) is 19.1. The minimum absolute atomic E-state index is 0.0289. The molecule has 0 spiro atoms. The molecule has 1 N–H and O–H groups in total. The maximum atomic E-state index is 13.4. The van der Waals surface area contributed by atoms with Gasteiger partial charge in [0.25, 0.3) is 0 Å². The van der Waals surface area contributed by atoms with Gasteiger partial charge in [0.1, 0.15) is 12.4 Å². The van der Waals surface area contributed by atoms with E-state index in [1.165, 1.54) is 5.56 Å². The van der Waals surface area contributed by atoms with Gasteiger partial charge in [0, 0.05) is 18.7 Å². The molecular formula is C28H28N4O2. The Morgan fingerprint density at radius 2 is 1.68 bits per heavy atom. The Hall–Kier alpha value is -3.93. The smallest absolute Gasteiger partial charge is 0.246 e. The lowest BCUT2D eigenvalue weighted by Crippen LogP contribution is -2.38. The normalized spacial score (nSPS) is 13.0. The van der Waals surface area contributed by atoms with Gasteiger partial charge < -0.3 is 14.8 Å². The van der Waals surface area contributed by atoms with Crippen LogP contribution in [0.25, 0.3) is 11.0 Å². The molecule has 34 heavy (non-hydrogen) atoms. The first-order valence-electron chi connectivity index (χ1n) is 11.8. The topological polar surface area (TPSA) is 67.2 Å². The van der Waals surface area contributed by atoms with E-state index in [9.17, 15) is 9.59 Å². The van der Waals surface area contributed by atoms with Crippen molar-refractivity contribution in [2.45, 2.75) is 38.8 Å². The highest BCUT2D eigenvalue weighted by Gasteiger charge is 2.24. The molecule has 3 aromatic carbocycles. The van der Waals surface area contributed by atoms with Crippen molar-refractivity contribution in [3.63, 3.8) is 0 Å². The number of anilines is 1.